The first kappa shape index (κ1) is 27.2. The molecule has 3 atom stereocenters. The zero-order valence-electron chi connectivity index (χ0n) is 20.9. The molecule has 0 spiro atoms. The Morgan fingerprint density at radius 3 is 2.42 bits per heavy atom. The molecule has 1 aromatic heterocycles. The Hall–Kier alpha value is -3.82. The SMILES string of the molecule is C#COC(=O)CC(O)C(c1c(-c2ccc(F)cc2)cc(-c2cccc3ccccc23)nc1C(C)C)[PH](=O)O. The number of carbonyl (C=O) groups is 1. The van der Waals surface area contributed by atoms with E-state index in [1.807, 2.05) is 56.3 Å². The minimum Gasteiger partial charge on any atom is -0.391 e. The van der Waals surface area contributed by atoms with Crippen LogP contribution in [0, 0.1) is 18.3 Å². The number of aromatic nitrogens is 1. The summed E-state index contributed by atoms with van der Waals surface area (Å²) in [5.74, 6) is -1.57. The van der Waals surface area contributed by atoms with Crippen molar-refractivity contribution in [2.75, 3.05) is 0 Å². The van der Waals surface area contributed by atoms with Crippen molar-refractivity contribution in [3.63, 3.8) is 0 Å². The summed E-state index contributed by atoms with van der Waals surface area (Å²) in [7, 11) is -3.46. The molecule has 0 saturated heterocycles. The van der Waals surface area contributed by atoms with Gasteiger partial charge < -0.3 is 14.7 Å². The molecule has 0 saturated carbocycles. The Kier molecular flexibility index (Phi) is 8.38. The summed E-state index contributed by atoms with van der Waals surface area (Å²) >= 11 is 0. The van der Waals surface area contributed by atoms with Crippen molar-refractivity contribution in [3.05, 3.63) is 89.9 Å². The third-order valence-corrected chi connectivity index (χ3v) is 7.57. The predicted molar refractivity (Wildman–Crippen MR) is 146 cm³/mol. The number of ether oxygens (including phenoxy) is 1. The molecular weight excluding hydrogens is 504 g/mol. The summed E-state index contributed by atoms with van der Waals surface area (Å²) in [6.07, 6.45) is 4.61. The minimum atomic E-state index is -3.46. The zero-order chi connectivity index (χ0) is 27.4. The molecule has 0 fully saturated rings. The van der Waals surface area contributed by atoms with Gasteiger partial charge >= 0.3 is 5.97 Å². The molecule has 1 heterocycles. The molecule has 0 bridgehead atoms. The number of hydrogen-bond donors (Lipinski definition) is 2. The van der Waals surface area contributed by atoms with E-state index in [2.05, 4.69) is 4.74 Å². The Bertz CT molecular complexity index is 1540. The Balaban J connectivity index is 2.02. The van der Waals surface area contributed by atoms with Crippen molar-refractivity contribution in [1.29, 1.82) is 0 Å². The van der Waals surface area contributed by atoms with Crippen LogP contribution in [-0.2, 0) is 14.1 Å². The third kappa shape index (κ3) is 5.69. The Morgan fingerprint density at radius 2 is 1.76 bits per heavy atom. The average molecular weight is 532 g/mol. The number of halogens is 1. The molecule has 38 heavy (non-hydrogen) atoms. The fourth-order valence-corrected chi connectivity index (χ4v) is 5.67. The van der Waals surface area contributed by atoms with Gasteiger partial charge in [0.25, 0.3) is 0 Å². The van der Waals surface area contributed by atoms with Crippen molar-refractivity contribution in [1.82, 2.24) is 4.98 Å². The van der Waals surface area contributed by atoms with Crippen LogP contribution in [-0.4, -0.2) is 27.1 Å². The quantitative estimate of drug-likeness (QED) is 0.159. The second-order valence-corrected chi connectivity index (χ2v) is 10.5. The second-order valence-electron chi connectivity index (χ2n) is 9.22. The molecule has 2 N–H and O–H groups in total. The fourth-order valence-electron chi connectivity index (χ4n) is 4.67. The molecule has 0 amide bonds. The summed E-state index contributed by atoms with van der Waals surface area (Å²) in [5.41, 5.74) is 2.00. The standard InChI is InChI=1S/C30H27FNO5P/c1-4-37-27(34)17-26(33)30(38(35)36)28-24(20-12-14-21(31)15-13-20)16-25(32-29(28)18(2)3)23-11-7-9-19-8-5-6-10-22(19)23/h1,5-16,18,26,30,33,38H,17H2,2-3H3,(H,35,36). The molecule has 0 aliphatic heterocycles. The molecule has 3 unspecified atom stereocenters. The van der Waals surface area contributed by atoms with Crippen molar-refractivity contribution in [2.45, 2.75) is 37.9 Å². The summed E-state index contributed by atoms with van der Waals surface area (Å²) in [6, 6.07) is 21.2. The average Bonchev–Trinajstić information content (AvgIpc) is 2.88. The Morgan fingerprint density at radius 1 is 1.08 bits per heavy atom. The predicted octanol–water partition coefficient (Wildman–Crippen LogP) is 6.22. The van der Waals surface area contributed by atoms with E-state index in [1.165, 1.54) is 12.1 Å². The van der Waals surface area contributed by atoms with Crippen LogP contribution >= 0.6 is 8.03 Å². The van der Waals surface area contributed by atoms with E-state index in [-0.39, 0.29) is 5.92 Å². The highest BCUT2D eigenvalue weighted by molar-refractivity contribution is 7.38. The van der Waals surface area contributed by atoms with E-state index >= 15 is 0 Å². The van der Waals surface area contributed by atoms with E-state index in [9.17, 15) is 23.7 Å². The second kappa shape index (κ2) is 11.7. The largest absolute Gasteiger partial charge is 0.391 e. The molecule has 8 heteroatoms. The van der Waals surface area contributed by atoms with Crippen molar-refractivity contribution in [2.24, 2.45) is 0 Å². The monoisotopic (exact) mass is 531 g/mol. The van der Waals surface area contributed by atoms with Gasteiger partial charge in [-0.25, -0.2) is 4.39 Å². The lowest BCUT2D eigenvalue weighted by Gasteiger charge is -2.27. The van der Waals surface area contributed by atoms with Gasteiger partial charge in [0.15, 0.2) is 8.03 Å². The minimum absolute atomic E-state index is 0.229. The molecule has 0 aliphatic carbocycles. The van der Waals surface area contributed by atoms with E-state index in [1.54, 1.807) is 24.3 Å². The first-order valence-electron chi connectivity index (χ1n) is 12.1. The lowest BCUT2D eigenvalue weighted by Crippen LogP contribution is -2.23. The normalized spacial score (nSPS) is 13.6. The molecule has 0 aliphatic rings. The topological polar surface area (TPSA) is 96.7 Å². The molecule has 0 radical (unpaired) electrons. The molecule has 3 aromatic carbocycles. The maximum atomic E-state index is 13.9. The van der Waals surface area contributed by atoms with Crippen LogP contribution in [0.5, 0.6) is 0 Å². The number of carbonyl (C=O) groups excluding carboxylic acids is 1. The molecule has 4 aromatic rings. The van der Waals surface area contributed by atoms with Gasteiger partial charge in [0.05, 0.1) is 23.9 Å². The lowest BCUT2D eigenvalue weighted by molar-refractivity contribution is -0.139. The number of esters is 1. The first-order chi connectivity index (χ1) is 18.2. The lowest BCUT2D eigenvalue weighted by atomic mass is 9.88. The number of aliphatic hydroxyl groups is 1. The van der Waals surface area contributed by atoms with Gasteiger partial charge in [-0.1, -0.05) is 74.9 Å². The van der Waals surface area contributed by atoms with Crippen molar-refractivity contribution in [3.8, 4) is 34.9 Å². The van der Waals surface area contributed by atoms with E-state index < -0.39 is 38.0 Å². The maximum Gasteiger partial charge on any atom is 0.322 e. The molecule has 194 valence electrons. The van der Waals surface area contributed by atoms with Gasteiger partial charge in [0.1, 0.15) is 11.9 Å². The number of benzene rings is 3. The van der Waals surface area contributed by atoms with Gasteiger partial charge in [0.2, 0.25) is 0 Å². The highest BCUT2D eigenvalue weighted by Crippen LogP contribution is 2.49. The van der Waals surface area contributed by atoms with Gasteiger partial charge in [-0.2, -0.15) is 0 Å². The van der Waals surface area contributed by atoms with E-state index in [4.69, 9.17) is 11.4 Å². The van der Waals surface area contributed by atoms with Gasteiger partial charge in [0, 0.05) is 11.3 Å². The number of fused-ring (bicyclic) bond motifs is 1. The van der Waals surface area contributed by atoms with Crippen molar-refractivity contribution < 1.29 is 28.5 Å². The molecular formula is C30H27FNO5P. The van der Waals surface area contributed by atoms with Gasteiger partial charge in [-0.15, -0.1) is 0 Å². The highest BCUT2D eigenvalue weighted by Gasteiger charge is 2.34. The number of terminal acetylenes is 1. The van der Waals surface area contributed by atoms with Crippen LogP contribution in [0.25, 0.3) is 33.2 Å². The zero-order valence-corrected chi connectivity index (χ0v) is 21.9. The summed E-state index contributed by atoms with van der Waals surface area (Å²) in [6.45, 7) is 3.77. The first-order valence-corrected chi connectivity index (χ1v) is 13.5. The van der Waals surface area contributed by atoms with Gasteiger partial charge in [-0.3, -0.25) is 14.3 Å². The number of hydrogen-bond acceptors (Lipinski definition) is 5. The van der Waals surface area contributed by atoms with Crippen LogP contribution in [0.4, 0.5) is 4.39 Å². The smallest absolute Gasteiger partial charge is 0.322 e. The van der Waals surface area contributed by atoms with Crippen LogP contribution in [0.15, 0.2) is 72.8 Å². The summed E-state index contributed by atoms with van der Waals surface area (Å²) in [5, 5.41) is 13.0. The van der Waals surface area contributed by atoms with Crippen molar-refractivity contribution >= 4 is 24.8 Å². The third-order valence-electron chi connectivity index (χ3n) is 6.37. The van der Waals surface area contributed by atoms with Crippen LogP contribution in [0.3, 0.4) is 0 Å². The Labute approximate surface area is 221 Å². The molecule has 6 nitrogen and oxygen atoms in total. The number of aliphatic hydroxyl groups excluding tert-OH is 1. The summed E-state index contributed by atoms with van der Waals surface area (Å²) in [4.78, 5) is 27.4. The van der Waals surface area contributed by atoms with Crippen LogP contribution in [0.1, 0.15) is 43.1 Å². The molecule has 4 rings (SSSR count). The van der Waals surface area contributed by atoms with E-state index in [0.29, 0.717) is 28.1 Å². The van der Waals surface area contributed by atoms with Gasteiger partial charge in [-0.05, 0) is 51.6 Å². The number of rotatable bonds is 8. The van der Waals surface area contributed by atoms with E-state index in [0.717, 1.165) is 16.3 Å². The number of pyridine rings is 1. The van der Waals surface area contributed by atoms with Crippen LogP contribution in [0.2, 0.25) is 0 Å². The van der Waals surface area contributed by atoms with Crippen LogP contribution < -0.4 is 0 Å². The highest BCUT2D eigenvalue weighted by atomic mass is 31.1. The fraction of sp³-hybridized carbons (Fsp3) is 0.200. The number of nitrogens with zero attached hydrogens (tertiary/aromatic N) is 1. The summed E-state index contributed by atoms with van der Waals surface area (Å²) < 4.78 is 31.1. The maximum absolute atomic E-state index is 13.9.